The van der Waals surface area contributed by atoms with Gasteiger partial charge in [-0.25, -0.2) is 44.0 Å². The molecule has 0 saturated carbocycles. The minimum absolute atomic E-state index is 0.00819. The molecule has 282 valence electrons. The Morgan fingerprint density at radius 1 is 0.722 bits per heavy atom. The quantitative estimate of drug-likeness (QED) is 0.0758. The molecular formula is C36H32F2N4O8S4. The second kappa shape index (κ2) is 15.6. The van der Waals surface area contributed by atoms with E-state index >= 15 is 0 Å². The van der Waals surface area contributed by atoms with Gasteiger partial charge in [-0.3, -0.25) is 4.98 Å². The summed E-state index contributed by atoms with van der Waals surface area (Å²) in [5.74, 6) is -1.63. The molecule has 2 N–H and O–H groups in total. The Morgan fingerprint density at radius 2 is 1.26 bits per heavy atom. The third kappa shape index (κ3) is 7.89. The second-order valence-electron chi connectivity index (χ2n) is 12.1. The Hall–Kier alpha value is -4.72. The number of nitrogens with zero attached hydrogens (tertiary/aromatic N) is 2. The number of ether oxygens (including phenoxy) is 1. The van der Waals surface area contributed by atoms with Crippen molar-refractivity contribution in [3.8, 4) is 22.8 Å². The van der Waals surface area contributed by atoms with E-state index in [0.29, 0.717) is 11.1 Å². The molecule has 0 aliphatic carbocycles. The van der Waals surface area contributed by atoms with Crippen molar-refractivity contribution in [1.29, 1.82) is 0 Å². The minimum Gasteiger partial charge on any atom is -0.610 e. The normalized spacial score (nSPS) is 13.0. The van der Waals surface area contributed by atoms with Crippen LogP contribution < -0.4 is 0 Å². The van der Waals surface area contributed by atoms with E-state index in [1.54, 1.807) is 60.7 Å². The van der Waals surface area contributed by atoms with E-state index < -0.39 is 84.2 Å². The van der Waals surface area contributed by atoms with Crippen molar-refractivity contribution in [3.63, 3.8) is 0 Å². The highest BCUT2D eigenvalue weighted by Crippen LogP contribution is 2.33. The second-order valence-corrected chi connectivity index (χ2v) is 19.8. The van der Waals surface area contributed by atoms with Crippen LogP contribution in [0.2, 0.25) is 0 Å². The highest BCUT2D eigenvalue weighted by Gasteiger charge is 2.36. The summed E-state index contributed by atoms with van der Waals surface area (Å²) < 4.78 is 129. The molecule has 0 radical (unpaired) electrons. The van der Waals surface area contributed by atoms with Gasteiger partial charge in [-0.1, -0.05) is 60.7 Å². The number of sulfone groups is 3. The standard InChI is InChI=1S/C36H32F2N4O8S4/c1-23(2)52(44,45)35-36(42-32(41-35)25-11-7-4-8-12-25)54(48,49)29-17-18-30(38)26(21-29)22-50-19-20-51(43)33-34(40-31(39-33)24-9-5-3-6-10-24)53(46,47)28-15-13-27(37)14-16-28/h3-18,21,23H,19-20,22H2,1-2H3,(H,39,40)(H,41,42). The molecule has 54 heavy (non-hydrogen) atoms. The summed E-state index contributed by atoms with van der Waals surface area (Å²) in [5, 5.41) is -3.10. The number of hydrogen-bond acceptors (Lipinski definition) is 10. The maximum absolute atomic E-state index is 15.0. The molecule has 0 saturated heterocycles. The van der Waals surface area contributed by atoms with Gasteiger partial charge < -0.3 is 14.3 Å². The van der Waals surface area contributed by atoms with Gasteiger partial charge in [0.25, 0.3) is 5.03 Å². The third-order valence-corrected chi connectivity index (χ3v) is 15.2. The van der Waals surface area contributed by atoms with Crippen LogP contribution in [0.4, 0.5) is 8.78 Å². The Labute approximate surface area is 313 Å². The molecule has 6 aromatic rings. The van der Waals surface area contributed by atoms with Gasteiger partial charge in [0.1, 0.15) is 29.0 Å². The van der Waals surface area contributed by atoms with Crippen LogP contribution in [0, 0.1) is 11.6 Å². The van der Waals surface area contributed by atoms with E-state index in [0.717, 1.165) is 42.5 Å². The van der Waals surface area contributed by atoms with E-state index in [4.69, 9.17) is 4.74 Å². The molecule has 0 aliphatic rings. The smallest absolute Gasteiger partial charge is 0.262 e. The SMILES string of the molecule is CC(C)S(=O)(=O)c1[nH]c(-c2ccccc2)nc1S(=O)(=O)c1ccc(F)c(COCC[S+]([O-])c2[nH]c(-c3ccccc3)nc2S(=O)(=O)c2ccc(F)cc2)c1. The maximum atomic E-state index is 15.0. The van der Waals surface area contributed by atoms with Crippen LogP contribution in [-0.2, 0) is 52.0 Å². The Morgan fingerprint density at radius 3 is 1.85 bits per heavy atom. The summed E-state index contributed by atoms with van der Waals surface area (Å²) >= 11 is -2.06. The van der Waals surface area contributed by atoms with Crippen LogP contribution in [0.25, 0.3) is 22.8 Å². The average molecular weight is 815 g/mol. The first kappa shape index (κ1) is 39.0. The van der Waals surface area contributed by atoms with Crippen molar-refractivity contribution in [2.75, 3.05) is 12.4 Å². The molecule has 2 heterocycles. The number of aromatic nitrogens is 4. The number of rotatable bonds is 14. The third-order valence-electron chi connectivity index (χ3n) is 8.14. The van der Waals surface area contributed by atoms with Crippen molar-refractivity contribution >= 4 is 40.7 Å². The zero-order valence-electron chi connectivity index (χ0n) is 28.6. The van der Waals surface area contributed by atoms with Crippen LogP contribution in [0.3, 0.4) is 0 Å². The molecular weight excluding hydrogens is 783 g/mol. The van der Waals surface area contributed by atoms with E-state index in [1.165, 1.54) is 13.8 Å². The highest BCUT2D eigenvalue weighted by atomic mass is 32.2. The van der Waals surface area contributed by atoms with Crippen LogP contribution in [0.1, 0.15) is 19.4 Å². The minimum atomic E-state index is -4.64. The first-order valence-electron chi connectivity index (χ1n) is 16.2. The number of H-pyrrole nitrogens is 2. The van der Waals surface area contributed by atoms with Crippen molar-refractivity contribution < 1.29 is 43.3 Å². The van der Waals surface area contributed by atoms with Gasteiger partial charge in [-0.2, -0.15) is 0 Å². The van der Waals surface area contributed by atoms with Crippen LogP contribution >= 0.6 is 0 Å². The van der Waals surface area contributed by atoms with Gasteiger partial charge in [0.15, 0.2) is 19.9 Å². The molecule has 12 nitrogen and oxygen atoms in total. The predicted octanol–water partition coefficient (Wildman–Crippen LogP) is 5.92. The summed E-state index contributed by atoms with van der Waals surface area (Å²) in [6.45, 7) is 2.01. The molecule has 0 aliphatic heterocycles. The van der Waals surface area contributed by atoms with Gasteiger partial charge in [0.2, 0.25) is 24.7 Å². The van der Waals surface area contributed by atoms with Gasteiger partial charge in [0, 0.05) is 27.9 Å². The zero-order valence-corrected chi connectivity index (χ0v) is 31.8. The molecule has 0 fully saturated rings. The highest BCUT2D eigenvalue weighted by molar-refractivity contribution is 7.95. The summed E-state index contributed by atoms with van der Waals surface area (Å²) in [7, 11) is -13.2. The lowest BCUT2D eigenvalue weighted by Crippen LogP contribution is -2.18. The van der Waals surface area contributed by atoms with Crippen molar-refractivity contribution in [2.24, 2.45) is 0 Å². The summed E-state index contributed by atoms with van der Waals surface area (Å²) in [4.78, 5) is 13.2. The van der Waals surface area contributed by atoms with Crippen molar-refractivity contribution in [3.05, 3.63) is 120 Å². The Kier molecular flexibility index (Phi) is 11.2. The van der Waals surface area contributed by atoms with E-state index in [-0.39, 0.29) is 39.5 Å². The lowest BCUT2D eigenvalue weighted by atomic mass is 10.2. The van der Waals surface area contributed by atoms with Crippen LogP contribution in [0.15, 0.2) is 133 Å². The average Bonchev–Trinajstić information content (AvgIpc) is 3.83. The number of hydrogen-bond donors (Lipinski definition) is 2. The van der Waals surface area contributed by atoms with Gasteiger partial charge >= 0.3 is 0 Å². The molecule has 0 amide bonds. The first-order chi connectivity index (χ1) is 25.6. The van der Waals surface area contributed by atoms with E-state index in [2.05, 4.69) is 19.9 Å². The fraction of sp³-hybridized carbons (Fsp3) is 0.167. The van der Waals surface area contributed by atoms with Crippen LogP contribution in [-0.4, -0.2) is 67.4 Å². The van der Waals surface area contributed by atoms with E-state index in [1.807, 2.05) is 0 Å². The zero-order chi connectivity index (χ0) is 38.8. The lowest BCUT2D eigenvalue weighted by molar-refractivity contribution is 0.132. The van der Waals surface area contributed by atoms with Crippen molar-refractivity contribution in [1.82, 2.24) is 19.9 Å². The number of halogens is 2. The molecule has 4 aromatic carbocycles. The largest absolute Gasteiger partial charge is 0.610 e. The molecule has 2 aromatic heterocycles. The summed E-state index contributed by atoms with van der Waals surface area (Å²) in [6, 6.07) is 23.8. The Bertz CT molecular complexity index is 2620. The topological polar surface area (TPSA) is 192 Å². The Balaban J connectivity index is 1.23. The molecule has 1 unspecified atom stereocenters. The molecule has 18 heteroatoms. The first-order valence-corrected chi connectivity index (χ1v) is 22.0. The monoisotopic (exact) mass is 814 g/mol. The molecule has 1 atom stereocenters. The number of benzene rings is 4. The number of nitrogens with one attached hydrogen (secondary N) is 2. The van der Waals surface area contributed by atoms with E-state index in [9.17, 15) is 38.6 Å². The fourth-order valence-electron chi connectivity index (χ4n) is 5.18. The van der Waals surface area contributed by atoms with Gasteiger partial charge in [-0.05, 0) is 56.3 Å². The summed E-state index contributed by atoms with van der Waals surface area (Å²) in [6.07, 6.45) is 0. The summed E-state index contributed by atoms with van der Waals surface area (Å²) in [5.41, 5.74) is 0.746. The molecule has 0 spiro atoms. The number of imidazole rings is 2. The fourth-order valence-corrected chi connectivity index (χ4v) is 10.9. The van der Waals surface area contributed by atoms with Crippen LogP contribution in [0.5, 0.6) is 0 Å². The number of aromatic amines is 2. The van der Waals surface area contributed by atoms with Gasteiger partial charge in [0.05, 0.1) is 28.3 Å². The maximum Gasteiger partial charge on any atom is 0.262 e. The van der Waals surface area contributed by atoms with Crippen molar-refractivity contribution in [2.45, 2.75) is 55.6 Å². The lowest BCUT2D eigenvalue weighted by Gasteiger charge is -2.12. The molecule has 6 rings (SSSR count). The predicted molar refractivity (Wildman–Crippen MR) is 195 cm³/mol. The molecule has 0 bridgehead atoms. The van der Waals surface area contributed by atoms with Gasteiger partial charge in [-0.15, -0.1) is 0 Å².